The number of amides is 1. The summed E-state index contributed by atoms with van der Waals surface area (Å²) in [6.07, 6.45) is 3.50. The SMILES string of the molecule is Cc1[nH]nc(C(=O)N2CCC3(CCNC3)CC2)c1C. The van der Waals surface area contributed by atoms with Crippen LogP contribution in [-0.4, -0.2) is 47.2 Å². The summed E-state index contributed by atoms with van der Waals surface area (Å²) in [5.74, 6) is 0.0858. The molecule has 2 N–H and O–H groups in total. The molecule has 2 aliphatic heterocycles. The average molecular weight is 262 g/mol. The molecule has 0 aliphatic carbocycles. The molecule has 0 saturated carbocycles. The van der Waals surface area contributed by atoms with E-state index in [0.29, 0.717) is 11.1 Å². The highest BCUT2D eigenvalue weighted by Gasteiger charge is 2.38. The summed E-state index contributed by atoms with van der Waals surface area (Å²) in [5.41, 5.74) is 3.01. The predicted octanol–water partition coefficient (Wildman–Crippen LogP) is 1.24. The van der Waals surface area contributed by atoms with Gasteiger partial charge in [-0.05, 0) is 45.1 Å². The molecule has 1 aromatic heterocycles. The number of carbonyl (C=O) groups excluding carboxylic acids is 1. The first-order valence-corrected chi connectivity index (χ1v) is 7.13. The van der Waals surface area contributed by atoms with E-state index in [1.807, 2.05) is 18.7 Å². The molecule has 104 valence electrons. The molecule has 0 atom stereocenters. The summed E-state index contributed by atoms with van der Waals surface area (Å²) in [5, 5.41) is 10.5. The zero-order valence-corrected chi connectivity index (χ0v) is 11.8. The van der Waals surface area contributed by atoms with Gasteiger partial charge in [0.15, 0.2) is 5.69 Å². The second-order valence-corrected chi connectivity index (χ2v) is 6.04. The number of rotatable bonds is 1. The van der Waals surface area contributed by atoms with E-state index in [4.69, 9.17) is 0 Å². The molecule has 2 fully saturated rings. The molecule has 1 aromatic rings. The van der Waals surface area contributed by atoms with E-state index < -0.39 is 0 Å². The fourth-order valence-corrected chi connectivity index (χ4v) is 3.25. The van der Waals surface area contributed by atoms with Gasteiger partial charge in [0, 0.05) is 30.9 Å². The Morgan fingerprint density at radius 3 is 2.53 bits per heavy atom. The van der Waals surface area contributed by atoms with Crippen LogP contribution in [0.15, 0.2) is 0 Å². The molecule has 2 aliphatic rings. The van der Waals surface area contributed by atoms with Gasteiger partial charge in [-0.3, -0.25) is 9.89 Å². The third kappa shape index (κ3) is 2.16. The van der Waals surface area contributed by atoms with Gasteiger partial charge in [0.2, 0.25) is 0 Å². The maximum absolute atomic E-state index is 12.5. The number of carbonyl (C=O) groups is 1. The fraction of sp³-hybridized carbons (Fsp3) is 0.714. The van der Waals surface area contributed by atoms with E-state index >= 15 is 0 Å². The van der Waals surface area contributed by atoms with Crippen molar-refractivity contribution in [3.05, 3.63) is 17.0 Å². The van der Waals surface area contributed by atoms with E-state index in [2.05, 4.69) is 15.5 Å². The maximum Gasteiger partial charge on any atom is 0.274 e. The lowest BCUT2D eigenvalue weighted by molar-refractivity contribution is 0.0601. The van der Waals surface area contributed by atoms with Crippen molar-refractivity contribution in [3.63, 3.8) is 0 Å². The van der Waals surface area contributed by atoms with E-state index in [9.17, 15) is 4.79 Å². The first kappa shape index (κ1) is 12.7. The molecule has 1 spiro atoms. The summed E-state index contributed by atoms with van der Waals surface area (Å²) in [7, 11) is 0. The molecule has 0 aromatic carbocycles. The smallest absolute Gasteiger partial charge is 0.274 e. The van der Waals surface area contributed by atoms with E-state index in [0.717, 1.165) is 50.3 Å². The quantitative estimate of drug-likeness (QED) is 0.800. The second kappa shape index (κ2) is 4.63. The van der Waals surface area contributed by atoms with Gasteiger partial charge in [-0.2, -0.15) is 5.10 Å². The summed E-state index contributed by atoms with van der Waals surface area (Å²) in [6.45, 7) is 7.89. The lowest BCUT2D eigenvalue weighted by atomic mass is 9.78. The van der Waals surface area contributed by atoms with Crippen LogP contribution in [0.5, 0.6) is 0 Å². The van der Waals surface area contributed by atoms with Gasteiger partial charge >= 0.3 is 0 Å². The van der Waals surface area contributed by atoms with Crippen LogP contribution in [0, 0.1) is 19.3 Å². The molecule has 0 radical (unpaired) electrons. The van der Waals surface area contributed by atoms with Crippen LogP contribution >= 0.6 is 0 Å². The van der Waals surface area contributed by atoms with Crippen LogP contribution in [0.1, 0.15) is 41.0 Å². The molecule has 1 amide bonds. The van der Waals surface area contributed by atoms with Gasteiger partial charge in [-0.15, -0.1) is 0 Å². The number of aromatic nitrogens is 2. The Balaban J connectivity index is 1.68. The summed E-state index contributed by atoms with van der Waals surface area (Å²) < 4.78 is 0. The number of nitrogens with zero attached hydrogens (tertiary/aromatic N) is 2. The minimum absolute atomic E-state index is 0.0858. The fourth-order valence-electron chi connectivity index (χ4n) is 3.25. The third-order valence-corrected chi connectivity index (χ3v) is 4.90. The normalized spacial score (nSPS) is 22.1. The average Bonchev–Trinajstić information content (AvgIpc) is 2.99. The van der Waals surface area contributed by atoms with Crippen molar-refractivity contribution in [2.45, 2.75) is 33.1 Å². The van der Waals surface area contributed by atoms with Gasteiger partial charge in [-0.1, -0.05) is 0 Å². The largest absolute Gasteiger partial charge is 0.337 e. The van der Waals surface area contributed by atoms with Crippen LogP contribution in [0.25, 0.3) is 0 Å². The first-order valence-electron chi connectivity index (χ1n) is 7.13. The molecule has 5 heteroatoms. The van der Waals surface area contributed by atoms with E-state index in [-0.39, 0.29) is 5.91 Å². The molecule has 0 unspecified atom stereocenters. The first-order chi connectivity index (χ1) is 9.11. The monoisotopic (exact) mass is 262 g/mol. The lowest BCUT2D eigenvalue weighted by Crippen LogP contribution is -2.44. The van der Waals surface area contributed by atoms with Crippen molar-refractivity contribution in [1.82, 2.24) is 20.4 Å². The van der Waals surface area contributed by atoms with Crippen molar-refractivity contribution < 1.29 is 4.79 Å². The number of hydrogen-bond donors (Lipinski definition) is 2. The molecular formula is C14H22N4O. The highest BCUT2D eigenvalue weighted by molar-refractivity contribution is 5.93. The maximum atomic E-state index is 12.5. The molecule has 19 heavy (non-hydrogen) atoms. The Morgan fingerprint density at radius 2 is 2.00 bits per heavy atom. The van der Waals surface area contributed by atoms with Crippen LogP contribution in [0.2, 0.25) is 0 Å². The summed E-state index contributed by atoms with van der Waals surface area (Å²) >= 11 is 0. The van der Waals surface area contributed by atoms with Crippen molar-refractivity contribution in [1.29, 1.82) is 0 Å². The summed E-state index contributed by atoms with van der Waals surface area (Å²) in [6, 6.07) is 0. The number of piperidine rings is 1. The Morgan fingerprint density at radius 1 is 1.26 bits per heavy atom. The van der Waals surface area contributed by atoms with Gasteiger partial charge < -0.3 is 10.2 Å². The number of nitrogens with one attached hydrogen (secondary N) is 2. The van der Waals surface area contributed by atoms with Gasteiger partial charge in [0.1, 0.15) is 0 Å². The van der Waals surface area contributed by atoms with Gasteiger partial charge in [0.05, 0.1) is 0 Å². The number of hydrogen-bond acceptors (Lipinski definition) is 3. The van der Waals surface area contributed by atoms with E-state index in [1.54, 1.807) is 0 Å². The Bertz CT molecular complexity index is 478. The predicted molar refractivity (Wildman–Crippen MR) is 73.1 cm³/mol. The standard InChI is InChI=1S/C14H22N4O/c1-10-11(2)16-17-12(10)13(19)18-7-4-14(5-8-18)3-6-15-9-14/h15H,3-9H2,1-2H3,(H,16,17). The molecular weight excluding hydrogens is 240 g/mol. The van der Waals surface area contributed by atoms with Gasteiger partial charge in [-0.25, -0.2) is 0 Å². The zero-order chi connectivity index (χ0) is 13.5. The minimum atomic E-state index is 0.0858. The Labute approximate surface area is 113 Å². The number of H-pyrrole nitrogens is 1. The Hall–Kier alpha value is -1.36. The molecule has 5 nitrogen and oxygen atoms in total. The van der Waals surface area contributed by atoms with E-state index in [1.165, 1.54) is 6.42 Å². The molecule has 0 bridgehead atoms. The van der Waals surface area contributed by atoms with Crippen LogP contribution in [-0.2, 0) is 0 Å². The van der Waals surface area contributed by atoms with Crippen LogP contribution in [0.4, 0.5) is 0 Å². The summed E-state index contributed by atoms with van der Waals surface area (Å²) in [4.78, 5) is 14.4. The van der Waals surface area contributed by atoms with Crippen molar-refractivity contribution >= 4 is 5.91 Å². The zero-order valence-electron chi connectivity index (χ0n) is 11.8. The lowest BCUT2D eigenvalue weighted by Gasteiger charge is -2.38. The van der Waals surface area contributed by atoms with Crippen LogP contribution < -0.4 is 5.32 Å². The number of aryl methyl sites for hydroxylation is 1. The topological polar surface area (TPSA) is 61.0 Å². The third-order valence-electron chi connectivity index (χ3n) is 4.90. The molecule has 3 rings (SSSR count). The van der Waals surface area contributed by atoms with Crippen molar-refractivity contribution in [2.75, 3.05) is 26.2 Å². The molecule has 3 heterocycles. The van der Waals surface area contributed by atoms with Crippen molar-refractivity contribution in [3.8, 4) is 0 Å². The van der Waals surface area contributed by atoms with Gasteiger partial charge in [0.25, 0.3) is 5.91 Å². The highest BCUT2D eigenvalue weighted by Crippen LogP contribution is 2.37. The highest BCUT2D eigenvalue weighted by atomic mass is 16.2. The number of likely N-dealkylation sites (tertiary alicyclic amines) is 1. The molecule has 2 saturated heterocycles. The Kier molecular flexibility index (Phi) is 3.09. The second-order valence-electron chi connectivity index (χ2n) is 6.04. The van der Waals surface area contributed by atoms with Crippen molar-refractivity contribution in [2.24, 2.45) is 5.41 Å². The number of aromatic amines is 1. The van der Waals surface area contributed by atoms with Crippen LogP contribution in [0.3, 0.4) is 0 Å². The minimum Gasteiger partial charge on any atom is -0.337 e.